The van der Waals surface area contributed by atoms with Crippen molar-refractivity contribution in [2.24, 2.45) is 0 Å². The van der Waals surface area contributed by atoms with Crippen molar-refractivity contribution in [1.82, 2.24) is 9.88 Å². The van der Waals surface area contributed by atoms with Gasteiger partial charge in [-0.15, -0.1) is 11.8 Å². The SMILES string of the molecule is CCCNCc1ccn(CC2Cc3ccccc3S2)c1. The number of benzene rings is 1. The van der Waals surface area contributed by atoms with Gasteiger partial charge in [0, 0.05) is 35.6 Å². The molecule has 0 aliphatic carbocycles. The zero-order valence-corrected chi connectivity index (χ0v) is 12.8. The first-order valence-electron chi connectivity index (χ1n) is 7.45. The highest BCUT2D eigenvalue weighted by Gasteiger charge is 2.21. The third-order valence-corrected chi connectivity index (χ3v) is 5.00. The molecule has 0 spiro atoms. The van der Waals surface area contributed by atoms with E-state index in [0.29, 0.717) is 5.25 Å². The highest BCUT2D eigenvalue weighted by atomic mass is 32.2. The number of thioether (sulfide) groups is 1. The first-order chi connectivity index (χ1) is 9.85. The maximum atomic E-state index is 3.45. The summed E-state index contributed by atoms with van der Waals surface area (Å²) in [5.41, 5.74) is 2.90. The second kappa shape index (κ2) is 6.51. The normalized spacial score (nSPS) is 17.4. The lowest BCUT2D eigenvalue weighted by atomic mass is 10.1. The molecule has 2 aromatic rings. The van der Waals surface area contributed by atoms with Crippen LogP contribution in [0, 0.1) is 0 Å². The number of hydrogen-bond donors (Lipinski definition) is 1. The number of aromatic nitrogens is 1. The van der Waals surface area contributed by atoms with Gasteiger partial charge in [-0.3, -0.25) is 0 Å². The molecule has 0 amide bonds. The highest BCUT2D eigenvalue weighted by Crippen LogP contribution is 2.37. The van der Waals surface area contributed by atoms with E-state index < -0.39 is 0 Å². The van der Waals surface area contributed by atoms with Crippen molar-refractivity contribution in [3.63, 3.8) is 0 Å². The standard InChI is InChI=1S/C17H22N2S/c1-2-8-18-11-14-7-9-19(12-14)13-16-10-15-5-3-4-6-17(15)20-16/h3-7,9,12,16,18H,2,8,10-11,13H2,1H3. The first kappa shape index (κ1) is 13.8. The maximum Gasteiger partial charge on any atom is 0.0345 e. The monoisotopic (exact) mass is 286 g/mol. The molecule has 3 rings (SSSR count). The number of hydrogen-bond acceptors (Lipinski definition) is 2. The van der Waals surface area contributed by atoms with Crippen LogP contribution in [0.1, 0.15) is 24.5 Å². The molecule has 0 saturated carbocycles. The van der Waals surface area contributed by atoms with Gasteiger partial charge in [-0.05, 0) is 42.6 Å². The molecule has 0 fully saturated rings. The molecule has 1 aliphatic heterocycles. The molecule has 1 aromatic heterocycles. The van der Waals surface area contributed by atoms with E-state index in [-0.39, 0.29) is 0 Å². The number of nitrogens with zero attached hydrogens (tertiary/aromatic N) is 1. The molecule has 0 saturated heterocycles. The van der Waals surface area contributed by atoms with Gasteiger partial charge in [0.2, 0.25) is 0 Å². The van der Waals surface area contributed by atoms with Crippen molar-refractivity contribution in [1.29, 1.82) is 0 Å². The van der Waals surface area contributed by atoms with Crippen LogP contribution in [-0.4, -0.2) is 16.4 Å². The van der Waals surface area contributed by atoms with Gasteiger partial charge in [0.25, 0.3) is 0 Å². The van der Waals surface area contributed by atoms with Gasteiger partial charge in [-0.1, -0.05) is 25.1 Å². The van der Waals surface area contributed by atoms with Crippen LogP contribution < -0.4 is 5.32 Å². The van der Waals surface area contributed by atoms with Gasteiger partial charge in [0.1, 0.15) is 0 Å². The van der Waals surface area contributed by atoms with Crippen molar-refractivity contribution >= 4 is 11.8 Å². The van der Waals surface area contributed by atoms with Crippen molar-refractivity contribution in [2.45, 2.75) is 43.0 Å². The third-order valence-electron chi connectivity index (χ3n) is 3.70. The van der Waals surface area contributed by atoms with E-state index in [1.165, 1.54) is 28.9 Å². The molecular weight excluding hydrogens is 264 g/mol. The molecule has 0 bridgehead atoms. The second-order valence-electron chi connectivity index (χ2n) is 5.45. The summed E-state index contributed by atoms with van der Waals surface area (Å²) in [6.07, 6.45) is 6.89. The Balaban J connectivity index is 1.55. The summed E-state index contributed by atoms with van der Waals surface area (Å²) in [6, 6.07) is 11.0. The molecule has 1 atom stereocenters. The van der Waals surface area contributed by atoms with E-state index in [1.807, 2.05) is 11.8 Å². The Morgan fingerprint density at radius 3 is 3.05 bits per heavy atom. The van der Waals surface area contributed by atoms with Crippen LogP contribution in [0.2, 0.25) is 0 Å². The number of fused-ring (bicyclic) bond motifs is 1. The molecule has 2 nitrogen and oxygen atoms in total. The third kappa shape index (κ3) is 3.28. The minimum absolute atomic E-state index is 0.677. The van der Waals surface area contributed by atoms with Crippen LogP contribution in [0.15, 0.2) is 47.6 Å². The van der Waals surface area contributed by atoms with Crippen LogP contribution in [-0.2, 0) is 19.5 Å². The summed E-state index contributed by atoms with van der Waals surface area (Å²) in [6.45, 7) is 5.39. The van der Waals surface area contributed by atoms with E-state index in [4.69, 9.17) is 0 Å². The molecule has 20 heavy (non-hydrogen) atoms. The summed E-state index contributed by atoms with van der Waals surface area (Å²) in [4.78, 5) is 1.47. The predicted molar refractivity (Wildman–Crippen MR) is 86.2 cm³/mol. The average molecular weight is 286 g/mol. The van der Waals surface area contributed by atoms with Gasteiger partial charge in [-0.2, -0.15) is 0 Å². The van der Waals surface area contributed by atoms with Gasteiger partial charge in [0.15, 0.2) is 0 Å². The van der Waals surface area contributed by atoms with Gasteiger partial charge < -0.3 is 9.88 Å². The van der Waals surface area contributed by atoms with E-state index in [1.54, 1.807) is 0 Å². The number of nitrogens with one attached hydrogen (secondary N) is 1. The highest BCUT2D eigenvalue weighted by molar-refractivity contribution is 8.00. The van der Waals surface area contributed by atoms with Crippen LogP contribution in [0.3, 0.4) is 0 Å². The van der Waals surface area contributed by atoms with Gasteiger partial charge in [0.05, 0.1) is 0 Å². The summed E-state index contributed by atoms with van der Waals surface area (Å²) >= 11 is 2.03. The minimum Gasteiger partial charge on any atom is -0.353 e. The molecule has 0 radical (unpaired) electrons. The molecule has 1 aliphatic rings. The Hall–Kier alpha value is -1.19. The Kier molecular flexibility index (Phi) is 4.48. The smallest absolute Gasteiger partial charge is 0.0345 e. The Morgan fingerprint density at radius 2 is 2.20 bits per heavy atom. The molecule has 1 unspecified atom stereocenters. The molecule has 1 N–H and O–H groups in total. The Morgan fingerprint density at radius 1 is 1.30 bits per heavy atom. The topological polar surface area (TPSA) is 17.0 Å². The van der Waals surface area contributed by atoms with Gasteiger partial charge >= 0.3 is 0 Å². The van der Waals surface area contributed by atoms with Crippen LogP contribution in [0.4, 0.5) is 0 Å². The second-order valence-corrected chi connectivity index (χ2v) is 6.79. The van der Waals surface area contributed by atoms with E-state index in [2.05, 4.69) is 59.5 Å². The predicted octanol–water partition coefficient (Wildman–Crippen LogP) is 3.70. The fraction of sp³-hybridized carbons (Fsp3) is 0.412. The summed E-state index contributed by atoms with van der Waals surface area (Å²) < 4.78 is 2.34. The van der Waals surface area contributed by atoms with Gasteiger partial charge in [-0.25, -0.2) is 0 Å². The van der Waals surface area contributed by atoms with Crippen LogP contribution in [0.5, 0.6) is 0 Å². The molecular formula is C17H22N2S. The fourth-order valence-electron chi connectivity index (χ4n) is 2.71. The van der Waals surface area contributed by atoms with Crippen molar-refractivity contribution in [3.8, 4) is 0 Å². The Labute approximate surface area is 125 Å². The minimum atomic E-state index is 0.677. The fourth-order valence-corrected chi connectivity index (χ4v) is 4.04. The molecule has 3 heteroatoms. The average Bonchev–Trinajstić information content (AvgIpc) is 3.05. The zero-order valence-electron chi connectivity index (χ0n) is 12.0. The molecule has 2 heterocycles. The Bertz CT molecular complexity index is 537. The summed E-state index contributed by atoms with van der Waals surface area (Å²) in [7, 11) is 0. The van der Waals surface area contributed by atoms with Crippen LogP contribution in [0.25, 0.3) is 0 Å². The zero-order chi connectivity index (χ0) is 13.8. The molecule has 106 valence electrons. The lowest BCUT2D eigenvalue weighted by Gasteiger charge is -2.09. The van der Waals surface area contributed by atoms with Crippen molar-refractivity contribution < 1.29 is 0 Å². The maximum absolute atomic E-state index is 3.45. The molecule has 1 aromatic carbocycles. The lowest BCUT2D eigenvalue weighted by Crippen LogP contribution is -2.13. The number of rotatable bonds is 6. The summed E-state index contributed by atoms with van der Waals surface area (Å²) in [5.74, 6) is 0. The lowest BCUT2D eigenvalue weighted by molar-refractivity contribution is 0.654. The van der Waals surface area contributed by atoms with E-state index in [9.17, 15) is 0 Å². The first-order valence-corrected chi connectivity index (χ1v) is 8.33. The quantitative estimate of drug-likeness (QED) is 0.815. The van der Waals surface area contributed by atoms with Crippen molar-refractivity contribution in [2.75, 3.05) is 6.54 Å². The van der Waals surface area contributed by atoms with Crippen molar-refractivity contribution in [3.05, 3.63) is 53.9 Å². The van der Waals surface area contributed by atoms with E-state index in [0.717, 1.165) is 19.6 Å². The van der Waals surface area contributed by atoms with E-state index >= 15 is 0 Å². The van der Waals surface area contributed by atoms with Crippen LogP contribution >= 0.6 is 11.8 Å². The summed E-state index contributed by atoms with van der Waals surface area (Å²) in [5, 5.41) is 4.13. The largest absolute Gasteiger partial charge is 0.353 e.